The third-order valence-corrected chi connectivity index (χ3v) is 5.10. The number of amides is 1. The number of thiophene rings is 1. The Labute approximate surface area is 162 Å². The summed E-state index contributed by atoms with van der Waals surface area (Å²) < 4.78 is 7.72. The highest BCUT2D eigenvalue weighted by Gasteiger charge is 2.18. The summed E-state index contributed by atoms with van der Waals surface area (Å²) in [5, 5.41) is 8.03. The van der Waals surface area contributed by atoms with Crippen LogP contribution in [0.5, 0.6) is 0 Å². The molecule has 0 radical (unpaired) electrons. The van der Waals surface area contributed by atoms with Gasteiger partial charge in [-0.3, -0.25) is 14.2 Å². The summed E-state index contributed by atoms with van der Waals surface area (Å²) >= 11 is 1.23. The summed E-state index contributed by atoms with van der Waals surface area (Å²) in [6.45, 7) is 3.33. The van der Waals surface area contributed by atoms with Crippen LogP contribution in [0.2, 0.25) is 0 Å². The average Bonchev–Trinajstić information content (AvgIpc) is 3.28. The summed E-state index contributed by atoms with van der Waals surface area (Å²) in [6, 6.07) is 10.3. The molecule has 0 bridgehead atoms. The fraction of sp³-hybridized carbons (Fsp3) is 0.158. The lowest BCUT2D eigenvalue weighted by Crippen LogP contribution is -2.40. The van der Waals surface area contributed by atoms with E-state index in [0.717, 1.165) is 10.1 Å². The summed E-state index contributed by atoms with van der Waals surface area (Å²) in [5.74, 6) is 0.377. The highest BCUT2D eigenvalue weighted by atomic mass is 32.1. The van der Waals surface area contributed by atoms with E-state index in [9.17, 15) is 14.4 Å². The molecule has 0 saturated carbocycles. The Kier molecular flexibility index (Phi) is 4.44. The van der Waals surface area contributed by atoms with E-state index in [1.807, 2.05) is 13.0 Å². The Morgan fingerprint density at radius 1 is 1.21 bits per heavy atom. The van der Waals surface area contributed by atoms with Gasteiger partial charge in [-0.2, -0.15) is 0 Å². The van der Waals surface area contributed by atoms with Crippen molar-refractivity contribution in [3.05, 3.63) is 73.9 Å². The van der Waals surface area contributed by atoms with E-state index in [1.165, 1.54) is 15.9 Å². The zero-order valence-corrected chi connectivity index (χ0v) is 15.9. The molecule has 1 aromatic carbocycles. The first-order valence-electron chi connectivity index (χ1n) is 8.47. The largest absolute Gasteiger partial charge is 0.360 e. The van der Waals surface area contributed by atoms with E-state index < -0.39 is 17.2 Å². The number of aromatic nitrogens is 3. The Bertz CT molecular complexity index is 1310. The van der Waals surface area contributed by atoms with Gasteiger partial charge in [-0.05, 0) is 43.0 Å². The quantitative estimate of drug-likeness (QED) is 0.571. The molecule has 4 rings (SSSR count). The highest BCUT2D eigenvalue weighted by molar-refractivity contribution is 7.17. The van der Waals surface area contributed by atoms with Gasteiger partial charge < -0.3 is 9.84 Å². The van der Waals surface area contributed by atoms with Crippen molar-refractivity contribution in [1.82, 2.24) is 14.3 Å². The zero-order valence-electron chi connectivity index (χ0n) is 15.1. The zero-order chi connectivity index (χ0) is 19.8. The van der Waals surface area contributed by atoms with Crippen LogP contribution in [0.1, 0.15) is 11.3 Å². The van der Waals surface area contributed by atoms with E-state index >= 15 is 0 Å². The fourth-order valence-electron chi connectivity index (χ4n) is 2.99. The van der Waals surface area contributed by atoms with Crippen LogP contribution < -0.4 is 16.6 Å². The molecule has 3 aromatic heterocycles. The molecule has 0 atom stereocenters. The van der Waals surface area contributed by atoms with Gasteiger partial charge in [-0.25, -0.2) is 9.36 Å². The second kappa shape index (κ2) is 6.93. The number of carbonyl (C=O) groups excluding carboxylic acids is 1. The molecule has 8 nitrogen and oxygen atoms in total. The number of nitrogens with one attached hydrogen (secondary N) is 1. The number of rotatable bonds is 4. The maximum Gasteiger partial charge on any atom is 0.336 e. The van der Waals surface area contributed by atoms with Gasteiger partial charge in [0.25, 0.3) is 5.56 Å². The van der Waals surface area contributed by atoms with Gasteiger partial charge in [-0.1, -0.05) is 17.3 Å². The van der Waals surface area contributed by atoms with E-state index in [2.05, 4.69) is 10.5 Å². The second-order valence-electron chi connectivity index (χ2n) is 6.35. The first kappa shape index (κ1) is 17.9. The first-order chi connectivity index (χ1) is 13.4. The Hall–Kier alpha value is -3.46. The molecule has 3 heterocycles. The highest BCUT2D eigenvalue weighted by Crippen LogP contribution is 2.17. The minimum absolute atomic E-state index is 0.260. The Morgan fingerprint density at radius 3 is 2.75 bits per heavy atom. The summed E-state index contributed by atoms with van der Waals surface area (Å²) in [5.41, 5.74) is 0.833. The van der Waals surface area contributed by atoms with Crippen LogP contribution in [0.15, 0.2) is 55.9 Å². The molecule has 9 heteroatoms. The predicted octanol–water partition coefficient (Wildman–Crippen LogP) is 2.46. The molecule has 4 aromatic rings. The van der Waals surface area contributed by atoms with E-state index in [4.69, 9.17) is 4.52 Å². The molecule has 28 heavy (non-hydrogen) atoms. The molecule has 0 spiro atoms. The summed E-state index contributed by atoms with van der Waals surface area (Å²) in [6.07, 6.45) is 0. The van der Waals surface area contributed by atoms with E-state index in [-0.39, 0.29) is 12.4 Å². The van der Waals surface area contributed by atoms with Crippen LogP contribution in [0.4, 0.5) is 5.82 Å². The SMILES string of the molecule is Cc1cccc(-n2c(=O)c3sccc3n(CC(=O)Nc3cc(C)on3)c2=O)c1. The molecule has 0 fully saturated rings. The van der Waals surface area contributed by atoms with E-state index in [1.54, 1.807) is 42.6 Å². The number of benzene rings is 1. The van der Waals surface area contributed by atoms with Crippen LogP contribution >= 0.6 is 11.3 Å². The van der Waals surface area contributed by atoms with Gasteiger partial charge in [0.1, 0.15) is 17.0 Å². The van der Waals surface area contributed by atoms with Gasteiger partial charge in [0.2, 0.25) is 5.91 Å². The molecule has 0 unspecified atom stereocenters. The number of fused-ring (bicyclic) bond motifs is 1. The van der Waals surface area contributed by atoms with Crippen molar-refractivity contribution in [3.63, 3.8) is 0 Å². The average molecular weight is 396 g/mol. The minimum atomic E-state index is -0.576. The maximum absolute atomic E-state index is 13.1. The molecular weight excluding hydrogens is 380 g/mol. The lowest BCUT2D eigenvalue weighted by atomic mass is 10.2. The van der Waals surface area contributed by atoms with Gasteiger partial charge in [0.05, 0.1) is 11.2 Å². The minimum Gasteiger partial charge on any atom is -0.360 e. The third-order valence-electron chi connectivity index (χ3n) is 4.21. The molecule has 142 valence electrons. The molecule has 0 aliphatic carbocycles. The van der Waals surface area contributed by atoms with E-state index in [0.29, 0.717) is 21.7 Å². The summed E-state index contributed by atoms with van der Waals surface area (Å²) in [7, 11) is 0. The smallest absolute Gasteiger partial charge is 0.336 e. The number of hydrogen-bond acceptors (Lipinski definition) is 6. The number of anilines is 1. The van der Waals surface area contributed by atoms with Crippen molar-refractivity contribution in [3.8, 4) is 5.69 Å². The molecular formula is C19H16N4O4S. The Balaban J connectivity index is 1.82. The number of hydrogen-bond donors (Lipinski definition) is 1. The van der Waals surface area contributed by atoms with Crippen LogP contribution in [-0.4, -0.2) is 20.2 Å². The van der Waals surface area contributed by atoms with Crippen LogP contribution in [-0.2, 0) is 11.3 Å². The van der Waals surface area contributed by atoms with Crippen molar-refractivity contribution in [2.24, 2.45) is 0 Å². The van der Waals surface area contributed by atoms with Crippen molar-refractivity contribution in [1.29, 1.82) is 0 Å². The van der Waals surface area contributed by atoms with Crippen molar-refractivity contribution in [2.45, 2.75) is 20.4 Å². The third kappa shape index (κ3) is 3.16. The van der Waals surface area contributed by atoms with Crippen molar-refractivity contribution in [2.75, 3.05) is 5.32 Å². The van der Waals surface area contributed by atoms with Gasteiger partial charge in [0.15, 0.2) is 5.82 Å². The summed E-state index contributed by atoms with van der Waals surface area (Å²) in [4.78, 5) is 38.5. The molecule has 1 N–H and O–H groups in total. The van der Waals surface area contributed by atoms with Crippen LogP contribution in [0.25, 0.3) is 15.9 Å². The maximum atomic E-state index is 13.1. The topological polar surface area (TPSA) is 99.1 Å². The van der Waals surface area contributed by atoms with Crippen molar-refractivity contribution < 1.29 is 9.32 Å². The molecule has 0 saturated heterocycles. The second-order valence-corrected chi connectivity index (χ2v) is 7.27. The molecule has 0 aliphatic heterocycles. The molecule has 0 aliphatic rings. The lowest BCUT2D eigenvalue weighted by molar-refractivity contribution is -0.116. The molecule has 1 amide bonds. The normalized spacial score (nSPS) is 11.1. The number of aryl methyl sites for hydroxylation is 2. The van der Waals surface area contributed by atoms with Gasteiger partial charge in [0, 0.05) is 6.07 Å². The monoisotopic (exact) mass is 396 g/mol. The fourth-order valence-corrected chi connectivity index (χ4v) is 3.81. The van der Waals surface area contributed by atoms with Gasteiger partial charge >= 0.3 is 5.69 Å². The van der Waals surface area contributed by atoms with Gasteiger partial charge in [-0.15, -0.1) is 11.3 Å². The number of nitrogens with zero attached hydrogens (tertiary/aromatic N) is 3. The predicted molar refractivity (Wildman–Crippen MR) is 106 cm³/mol. The van der Waals surface area contributed by atoms with Crippen LogP contribution in [0, 0.1) is 13.8 Å². The Morgan fingerprint density at radius 2 is 2.04 bits per heavy atom. The van der Waals surface area contributed by atoms with Crippen molar-refractivity contribution >= 4 is 33.3 Å². The first-order valence-corrected chi connectivity index (χ1v) is 9.35. The lowest BCUT2D eigenvalue weighted by Gasteiger charge is -2.12. The number of carbonyl (C=O) groups is 1. The van der Waals surface area contributed by atoms with Crippen LogP contribution in [0.3, 0.4) is 0 Å². The standard InChI is InChI=1S/C19H16N4O4S/c1-11-4-3-5-13(8-11)23-18(25)17-14(6-7-28-17)22(19(23)26)10-16(24)20-15-9-12(2)27-21-15/h3-9H,10H2,1-2H3,(H,20,21,24).